The minimum atomic E-state index is 0.212. The molecule has 3 rings (SSSR count). The van der Waals surface area contributed by atoms with Crippen molar-refractivity contribution < 1.29 is 5.11 Å². The molecule has 2 aromatic heterocycles. The molecule has 4 heteroatoms. The summed E-state index contributed by atoms with van der Waals surface area (Å²) in [5, 5.41) is 12.7. The van der Waals surface area contributed by atoms with E-state index >= 15 is 0 Å². The molecule has 0 amide bonds. The predicted octanol–water partition coefficient (Wildman–Crippen LogP) is 4.71. The lowest BCUT2D eigenvalue weighted by Gasteiger charge is -2.06. The fourth-order valence-electron chi connectivity index (χ4n) is 2.77. The van der Waals surface area contributed by atoms with E-state index in [-0.39, 0.29) is 5.76 Å². The molecule has 0 bridgehead atoms. The molecular formula is C19H20N2OS. The highest BCUT2D eigenvalue weighted by Crippen LogP contribution is 2.28. The van der Waals surface area contributed by atoms with E-state index < -0.39 is 0 Å². The molecule has 1 N–H and O–H groups in total. The van der Waals surface area contributed by atoms with Gasteiger partial charge >= 0.3 is 0 Å². The zero-order valence-corrected chi connectivity index (χ0v) is 14.3. The van der Waals surface area contributed by atoms with Crippen LogP contribution in [0.15, 0.2) is 42.1 Å². The van der Waals surface area contributed by atoms with Gasteiger partial charge in [-0.05, 0) is 60.2 Å². The Morgan fingerprint density at radius 2 is 2.04 bits per heavy atom. The Morgan fingerprint density at radius 3 is 2.78 bits per heavy atom. The van der Waals surface area contributed by atoms with E-state index in [1.54, 1.807) is 11.3 Å². The van der Waals surface area contributed by atoms with Gasteiger partial charge in [0.2, 0.25) is 0 Å². The van der Waals surface area contributed by atoms with Crippen LogP contribution in [0.5, 0.6) is 0 Å². The molecule has 0 radical (unpaired) electrons. The van der Waals surface area contributed by atoms with Crippen molar-refractivity contribution in [3.05, 3.63) is 70.3 Å². The predicted molar refractivity (Wildman–Crippen MR) is 96.2 cm³/mol. The summed E-state index contributed by atoms with van der Waals surface area (Å²) in [5.74, 6) is 1.04. The molecule has 1 aromatic carbocycles. The Hall–Kier alpha value is -2.20. The number of aliphatic hydroxyl groups is 1. The number of thiophene rings is 1. The summed E-state index contributed by atoms with van der Waals surface area (Å²) in [5.41, 5.74) is 4.73. The third-order valence-corrected chi connectivity index (χ3v) is 4.99. The van der Waals surface area contributed by atoms with E-state index in [1.165, 1.54) is 21.2 Å². The number of fused-ring (bicyclic) bond motifs is 1. The second-order valence-electron chi connectivity index (χ2n) is 5.86. The summed E-state index contributed by atoms with van der Waals surface area (Å²) in [6, 6.07) is 6.56. The molecule has 0 aliphatic heterocycles. The van der Waals surface area contributed by atoms with E-state index in [2.05, 4.69) is 40.1 Å². The molecule has 0 aliphatic carbocycles. The van der Waals surface area contributed by atoms with Gasteiger partial charge in [-0.2, -0.15) is 0 Å². The van der Waals surface area contributed by atoms with Gasteiger partial charge < -0.3 is 5.11 Å². The maximum Gasteiger partial charge on any atom is 0.125 e. The number of allylic oxidation sites excluding steroid dienone is 1. The first kappa shape index (κ1) is 15.7. The van der Waals surface area contributed by atoms with E-state index in [4.69, 9.17) is 0 Å². The van der Waals surface area contributed by atoms with E-state index in [1.807, 2.05) is 20.0 Å². The number of hydrogen-bond acceptors (Lipinski definition) is 4. The van der Waals surface area contributed by atoms with Crippen LogP contribution in [0.3, 0.4) is 0 Å². The van der Waals surface area contributed by atoms with Crippen molar-refractivity contribution in [1.29, 1.82) is 0 Å². The molecule has 3 aromatic rings. The van der Waals surface area contributed by atoms with Gasteiger partial charge in [0.05, 0.1) is 5.76 Å². The molecule has 0 unspecified atom stereocenters. The Bertz CT molecular complexity index is 867. The van der Waals surface area contributed by atoms with Crippen LogP contribution in [0.4, 0.5) is 0 Å². The van der Waals surface area contributed by atoms with Crippen molar-refractivity contribution in [2.24, 2.45) is 0 Å². The lowest BCUT2D eigenvalue weighted by molar-refractivity contribution is 0.402. The Morgan fingerprint density at radius 1 is 1.22 bits per heavy atom. The van der Waals surface area contributed by atoms with Crippen LogP contribution in [-0.2, 0) is 19.3 Å². The molecule has 0 atom stereocenters. The number of hydrogen-bond donors (Lipinski definition) is 1. The second kappa shape index (κ2) is 6.50. The average molecular weight is 324 g/mol. The van der Waals surface area contributed by atoms with E-state index in [0.717, 1.165) is 29.9 Å². The van der Waals surface area contributed by atoms with Crippen molar-refractivity contribution in [1.82, 2.24) is 9.97 Å². The molecule has 0 saturated carbocycles. The van der Waals surface area contributed by atoms with Gasteiger partial charge in [-0.3, -0.25) is 0 Å². The number of aromatic nitrogens is 2. The van der Waals surface area contributed by atoms with Crippen molar-refractivity contribution in [3.63, 3.8) is 0 Å². The third kappa shape index (κ3) is 3.59. The molecule has 0 aliphatic rings. The van der Waals surface area contributed by atoms with Crippen molar-refractivity contribution in [2.45, 2.75) is 33.1 Å². The monoisotopic (exact) mass is 324 g/mol. The molecule has 3 nitrogen and oxygen atoms in total. The van der Waals surface area contributed by atoms with Gasteiger partial charge in [-0.25, -0.2) is 9.97 Å². The molecule has 0 saturated heterocycles. The Kier molecular flexibility index (Phi) is 4.44. The lowest BCUT2D eigenvalue weighted by atomic mass is 10.0. The minimum Gasteiger partial charge on any atom is -0.513 e. The fourth-order valence-corrected chi connectivity index (χ4v) is 3.80. The van der Waals surface area contributed by atoms with Crippen LogP contribution >= 0.6 is 11.3 Å². The normalized spacial score (nSPS) is 11.0. The standard InChI is InChI=1S/C19H20N2OS/c1-12(22)8-17-11-23-19-9-15(5-7-18(17)19)4-6-16-10-20-14(3)21-13(16)2/h5,7,9-11,22H,1,4,6,8H2,2-3H3. The van der Waals surface area contributed by atoms with Crippen LogP contribution < -0.4 is 0 Å². The third-order valence-electron chi connectivity index (χ3n) is 4.00. The highest BCUT2D eigenvalue weighted by molar-refractivity contribution is 7.17. The Labute approximate surface area is 140 Å². The maximum atomic E-state index is 9.39. The van der Waals surface area contributed by atoms with Crippen LogP contribution in [0.25, 0.3) is 10.1 Å². The summed E-state index contributed by atoms with van der Waals surface area (Å²) >= 11 is 1.72. The van der Waals surface area contributed by atoms with Crippen molar-refractivity contribution in [3.8, 4) is 0 Å². The summed E-state index contributed by atoms with van der Waals surface area (Å²) < 4.78 is 1.26. The first-order valence-corrected chi connectivity index (χ1v) is 8.56. The number of aliphatic hydroxyl groups excluding tert-OH is 1. The maximum absolute atomic E-state index is 9.39. The highest BCUT2D eigenvalue weighted by atomic mass is 32.1. The smallest absolute Gasteiger partial charge is 0.125 e. The first-order chi connectivity index (χ1) is 11.0. The summed E-state index contributed by atoms with van der Waals surface area (Å²) in [7, 11) is 0. The van der Waals surface area contributed by atoms with Crippen LogP contribution in [0.2, 0.25) is 0 Å². The molecule has 118 valence electrons. The fraction of sp³-hybridized carbons (Fsp3) is 0.263. The largest absolute Gasteiger partial charge is 0.513 e. The summed E-state index contributed by atoms with van der Waals surface area (Å²) in [6.45, 7) is 7.54. The molecule has 0 fully saturated rings. The van der Waals surface area contributed by atoms with Gasteiger partial charge in [0.1, 0.15) is 5.82 Å². The van der Waals surface area contributed by atoms with Gasteiger partial charge in [0, 0.05) is 23.0 Å². The number of aryl methyl sites for hydroxylation is 4. The minimum absolute atomic E-state index is 0.212. The second-order valence-corrected chi connectivity index (χ2v) is 6.77. The van der Waals surface area contributed by atoms with E-state index in [0.29, 0.717) is 6.42 Å². The average Bonchev–Trinajstić information content (AvgIpc) is 2.88. The quantitative estimate of drug-likeness (QED) is 0.691. The Balaban J connectivity index is 1.77. The first-order valence-electron chi connectivity index (χ1n) is 7.68. The zero-order chi connectivity index (χ0) is 16.4. The molecule has 23 heavy (non-hydrogen) atoms. The summed E-state index contributed by atoms with van der Waals surface area (Å²) in [4.78, 5) is 8.72. The topological polar surface area (TPSA) is 46.0 Å². The molecule has 2 heterocycles. The SMILES string of the molecule is C=C(O)Cc1csc2cc(CCc3cnc(C)nc3C)ccc12. The van der Waals surface area contributed by atoms with Crippen LogP contribution in [0, 0.1) is 13.8 Å². The number of nitrogens with zero attached hydrogens (tertiary/aromatic N) is 2. The molecular weight excluding hydrogens is 304 g/mol. The van der Waals surface area contributed by atoms with Gasteiger partial charge in [0.15, 0.2) is 0 Å². The van der Waals surface area contributed by atoms with Crippen LogP contribution in [0.1, 0.15) is 28.2 Å². The van der Waals surface area contributed by atoms with Gasteiger partial charge in [-0.1, -0.05) is 18.7 Å². The molecule has 0 spiro atoms. The zero-order valence-electron chi connectivity index (χ0n) is 13.5. The summed E-state index contributed by atoms with van der Waals surface area (Å²) in [6.07, 6.45) is 4.39. The van der Waals surface area contributed by atoms with Crippen molar-refractivity contribution in [2.75, 3.05) is 0 Å². The number of benzene rings is 1. The lowest BCUT2D eigenvalue weighted by Crippen LogP contribution is -1.99. The highest BCUT2D eigenvalue weighted by Gasteiger charge is 2.07. The van der Waals surface area contributed by atoms with Gasteiger partial charge in [0.25, 0.3) is 0 Å². The van der Waals surface area contributed by atoms with Crippen molar-refractivity contribution >= 4 is 21.4 Å². The van der Waals surface area contributed by atoms with E-state index in [9.17, 15) is 5.11 Å². The number of rotatable bonds is 5. The van der Waals surface area contributed by atoms with Crippen LogP contribution in [-0.4, -0.2) is 15.1 Å². The van der Waals surface area contributed by atoms with Gasteiger partial charge in [-0.15, -0.1) is 11.3 Å².